The molecule has 0 aliphatic heterocycles. The number of allylic oxidation sites excluding steroid dienone is 4. The molecule has 0 spiro atoms. The van der Waals surface area contributed by atoms with Crippen molar-refractivity contribution in [1.29, 1.82) is 0 Å². The summed E-state index contributed by atoms with van der Waals surface area (Å²) >= 11 is 0. The predicted octanol–water partition coefficient (Wildman–Crippen LogP) is 5.18. The Morgan fingerprint density at radius 2 is 1.67 bits per heavy atom. The summed E-state index contributed by atoms with van der Waals surface area (Å²) in [5, 5.41) is 9.60. The van der Waals surface area contributed by atoms with Gasteiger partial charge in [0.1, 0.15) is 0 Å². The van der Waals surface area contributed by atoms with Gasteiger partial charge in [0.25, 0.3) is 0 Å². The second-order valence-corrected chi connectivity index (χ2v) is 4.70. The number of hydrogen-bond donors (Lipinski definition) is 1. The Bertz CT molecular complexity index is 238. The minimum atomic E-state index is -0.345. The lowest BCUT2D eigenvalue weighted by Crippen LogP contribution is -1.98. The third-order valence-electron chi connectivity index (χ3n) is 2.83. The topological polar surface area (TPSA) is 20.2 Å². The molecule has 0 aromatic carbocycles. The van der Waals surface area contributed by atoms with E-state index in [4.69, 9.17) is 0 Å². The second-order valence-electron chi connectivity index (χ2n) is 4.70. The highest BCUT2D eigenvalue weighted by Gasteiger charge is 1.92. The molecule has 0 aliphatic carbocycles. The van der Waals surface area contributed by atoms with Gasteiger partial charge >= 0.3 is 0 Å². The van der Waals surface area contributed by atoms with Crippen molar-refractivity contribution in [2.45, 2.75) is 71.3 Å². The average molecular weight is 250 g/mol. The monoisotopic (exact) mass is 250 g/mol. The van der Waals surface area contributed by atoms with Gasteiger partial charge in [0.15, 0.2) is 0 Å². The molecule has 0 fully saturated rings. The first-order valence-corrected chi connectivity index (χ1v) is 7.47. The summed E-state index contributed by atoms with van der Waals surface area (Å²) in [5.74, 6) is 0. The van der Waals surface area contributed by atoms with Crippen LogP contribution in [0.25, 0.3) is 0 Å². The van der Waals surface area contributed by atoms with Gasteiger partial charge in [0, 0.05) is 0 Å². The highest BCUT2D eigenvalue weighted by molar-refractivity contribution is 5.05. The van der Waals surface area contributed by atoms with Crippen LogP contribution in [-0.2, 0) is 0 Å². The lowest BCUT2D eigenvalue weighted by molar-refractivity contribution is 0.227. The first-order chi connectivity index (χ1) is 8.81. The molecule has 0 saturated carbocycles. The summed E-state index contributed by atoms with van der Waals surface area (Å²) in [6.45, 7) is 4.34. The second kappa shape index (κ2) is 14.2. The molecule has 0 aliphatic rings. The van der Waals surface area contributed by atoms with E-state index in [-0.39, 0.29) is 6.10 Å². The molecule has 0 radical (unpaired) electrons. The fourth-order valence-corrected chi connectivity index (χ4v) is 1.71. The van der Waals surface area contributed by atoms with E-state index in [1.54, 1.807) is 0 Å². The summed E-state index contributed by atoms with van der Waals surface area (Å²) in [7, 11) is 0. The van der Waals surface area contributed by atoms with Crippen LogP contribution in [0.15, 0.2) is 36.5 Å². The summed E-state index contributed by atoms with van der Waals surface area (Å²) in [6, 6.07) is 0. The zero-order valence-corrected chi connectivity index (χ0v) is 12.1. The van der Waals surface area contributed by atoms with Crippen molar-refractivity contribution in [3.8, 4) is 0 Å². The van der Waals surface area contributed by atoms with Gasteiger partial charge in [-0.05, 0) is 25.7 Å². The molecule has 0 aromatic heterocycles. The number of unbranched alkanes of at least 4 members (excludes halogenated alkanes) is 5. The van der Waals surface area contributed by atoms with Crippen molar-refractivity contribution < 1.29 is 5.11 Å². The van der Waals surface area contributed by atoms with Crippen molar-refractivity contribution >= 4 is 0 Å². The maximum absolute atomic E-state index is 9.60. The Morgan fingerprint density at radius 3 is 2.39 bits per heavy atom. The Morgan fingerprint density at radius 1 is 0.889 bits per heavy atom. The van der Waals surface area contributed by atoms with Crippen LogP contribution < -0.4 is 0 Å². The predicted molar refractivity (Wildman–Crippen MR) is 81.7 cm³/mol. The van der Waals surface area contributed by atoms with E-state index in [2.05, 4.69) is 26.0 Å². The smallest absolute Gasteiger partial charge is 0.0758 e. The lowest BCUT2D eigenvalue weighted by Gasteiger charge is -1.98. The van der Waals surface area contributed by atoms with Crippen LogP contribution in [0.2, 0.25) is 0 Å². The van der Waals surface area contributed by atoms with Gasteiger partial charge in [-0.2, -0.15) is 0 Å². The Balaban J connectivity index is 3.46. The normalized spacial score (nSPS) is 14.2. The van der Waals surface area contributed by atoms with Crippen LogP contribution in [0.5, 0.6) is 0 Å². The molecular weight excluding hydrogens is 220 g/mol. The van der Waals surface area contributed by atoms with Crippen LogP contribution in [0.3, 0.4) is 0 Å². The molecule has 0 aromatic rings. The molecule has 1 N–H and O–H groups in total. The van der Waals surface area contributed by atoms with Crippen LogP contribution in [-0.4, -0.2) is 11.2 Å². The van der Waals surface area contributed by atoms with E-state index < -0.39 is 0 Å². The van der Waals surface area contributed by atoms with E-state index in [1.165, 1.54) is 32.1 Å². The van der Waals surface area contributed by atoms with E-state index in [0.29, 0.717) is 0 Å². The van der Waals surface area contributed by atoms with Gasteiger partial charge in [-0.1, -0.05) is 76.0 Å². The van der Waals surface area contributed by atoms with Gasteiger partial charge < -0.3 is 5.11 Å². The van der Waals surface area contributed by atoms with Gasteiger partial charge in [0.2, 0.25) is 0 Å². The number of aliphatic hydroxyl groups excluding tert-OH is 1. The molecule has 1 nitrogen and oxygen atoms in total. The summed E-state index contributed by atoms with van der Waals surface area (Å²) in [6.07, 6.45) is 21.4. The fourth-order valence-electron chi connectivity index (χ4n) is 1.71. The lowest BCUT2D eigenvalue weighted by atomic mass is 10.1. The molecule has 0 rings (SSSR count). The van der Waals surface area contributed by atoms with Gasteiger partial charge in [-0.25, -0.2) is 0 Å². The zero-order chi connectivity index (χ0) is 13.5. The standard InChI is InChI=1S/C17H30O/c1-3-5-7-8-9-10-11-12-14-16-17(18)15-13-6-4-2/h6,11-14,16-18H,3-5,7-10,15H2,1-2H3. The molecular formula is C17H30O. The molecule has 18 heavy (non-hydrogen) atoms. The highest BCUT2D eigenvalue weighted by Crippen LogP contribution is 2.05. The molecule has 0 heterocycles. The molecule has 1 heteroatoms. The molecule has 1 atom stereocenters. The molecule has 104 valence electrons. The van der Waals surface area contributed by atoms with Crippen molar-refractivity contribution in [2.75, 3.05) is 0 Å². The SMILES string of the molecule is CCC=CCC(O)C=CC=CCCCCCCC. The van der Waals surface area contributed by atoms with Crippen molar-refractivity contribution in [3.63, 3.8) is 0 Å². The van der Waals surface area contributed by atoms with E-state index in [0.717, 1.165) is 19.3 Å². The van der Waals surface area contributed by atoms with Gasteiger partial charge in [-0.3, -0.25) is 0 Å². The average Bonchev–Trinajstić information content (AvgIpc) is 2.37. The third-order valence-corrected chi connectivity index (χ3v) is 2.83. The first-order valence-electron chi connectivity index (χ1n) is 7.47. The van der Waals surface area contributed by atoms with Crippen LogP contribution in [0.4, 0.5) is 0 Å². The minimum Gasteiger partial charge on any atom is -0.389 e. The highest BCUT2D eigenvalue weighted by atomic mass is 16.3. The van der Waals surface area contributed by atoms with Gasteiger partial charge in [-0.15, -0.1) is 0 Å². The Hall–Kier alpha value is -0.820. The van der Waals surface area contributed by atoms with Crippen LogP contribution in [0.1, 0.15) is 65.2 Å². The molecule has 0 amide bonds. The fraction of sp³-hybridized carbons (Fsp3) is 0.647. The number of aliphatic hydroxyl groups is 1. The number of hydrogen-bond acceptors (Lipinski definition) is 1. The summed E-state index contributed by atoms with van der Waals surface area (Å²) in [5.41, 5.74) is 0. The maximum Gasteiger partial charge on any atom is 0.0758 e. The third kappa shape index (κ3) is 13.2. The minimum absolute atomic E-state index is 0.345. The summed E-state index contributed by atoms with van der Waals surface area (Å²) in [4.78, 5) is 0. The van der Waals surface area contributed by atoms with Crippen molar-refractivity contribution in [3.05, 3.63) is 36.5 Å². The van der Waals surface area contributed by atoms with E-state index >= 15 is 0 Å². The summed E-state index contributed by atoms with van der Waals surface area (Å²) < 4.78 is 0. The Kier molecular flexibility index (Phi) is 13.6. The largest absolute Gasteiger partial charge is 0.389 e. The van der Waals surface area contributed by atoms with Crippen molar-refractivity contribution in [2.24, 2.45) is 0 Å². The van der Waals surface area contributed by atoms with Gasteiger partial charge in [0.05, 0.1) is 6.10 Å². The molecule has 1 unspecified atom stereocenters. The van der Waals surface area contributed by atoms with E-state index in [1.807, 2.05) is 24.3 Å². The number of rotatable bonds is 11. The first kappa shape index (κ1) is 17.2. The quantitative estimate of drug-likeness (QED) is 0.304. The Labute approximate surface area is 113 Å². The molecule has 0 bridgehead atoms. The maximum atomic E-state index is 9.60. The molecule has 0 saturated heterocycles. The van der Waals surface area contributed by atoms with Crippen LogP contribution in [0, 0.1) is 0 Å². The zero-order valence-electron chi connectivity index (χ0n) is 12.1. The van der Waals surface area contributed by atoms with Crippen molar-refractivity contribution in [1.82, 2.24) is 0 Å². The van der Waals surface area contributed by atoms with Crippen LogP contribution >= 0.6 is 0 Å². The van der Waals surface area contributed by atoms with E-state index in [9.17, 15) is 5.11 Å².